The number of nitrogens with zero attached hydrogens (tertiary/aromatic N) is 2. The van der Waals surface area contributed by atoms with Gasteiger partial charge in [-0.25, -0.2) is 4.79 Å². The Balaban J connectivity index is 1.73. The summed E-state index contributed by atoms with van der Waals surface area (Å²) in [6, 6.07) is 3.59. The van der Waals surface area contributed by atoms with Crippen molar-refractivity contribution in [2.24, 2.45) is 0 Å². The summed E-state index contributed by atoms with van der Waals surface area (Å²) >= 11 is 0. The van der Waals surface area contributed by atoms with Gasteiger partial charge in [-0.15, -0.1) is 0 Å². The molecule has 0 unspecified atom stereocenters. The summed E-state index contributed by atoms with van der Waals surface area (Å²) in [5.74, 6) is 1.24. The number of piperazine rings is 1. The molecule has 2 heterocycles. The normalized spacial score (nSPS) is 17.0. The van der Waals surface area contributed by atoms with Crippen LogP contribution in [0.4, 0.5) is 4.79 Å². The zero-order chi connectivity index (χ0) is 16.4. The minimum Gasteiger partial charge on any atom is -0.486 e. The van der Waals surface area contributed by atoms with Crippen molar-refractivity contribution in [3.63, 3.8) is 0 Å². The lowest BCUT2D eigenvalue weighted by molar-refractivity contribution is 0.0598. The first kappa shape index (κ1) is 15.5. The van der Waals surface area contributed by atoms with E-state index in [4.69, 9.17) is 14.2 Å². The fourth-order valence-corrected chi connectivity index (χ4v) is 2.81. The number of aryl methyl sites for hydroxylation is 1. The summed E-state index contributed by atoms with van der Waals surface area (Å²) in [7, 11) is 1.36. The Labute approximate surface area is 134 Å². The van der Waals surface area contributed by atoms with Crippen LogP contribution in [0.3, 0.4) is 0 Å². The molecule has 0 N–H and O–H groups in total. The second kappa shape index (κ2) is 6.36. The van der Waals surface area contributed by atoms with Crippen molar-refractivity contribution in [3.05, 3.63) is 23.3 Å². The first-order valence-electron chi connectivity index (χ1n) is 7.62. The summed E-state index contributed by atoms with van der Waals surface area (Å²) in [6.07, 6.45) is -0.354. The highest BCUT2D eigenvalue weighted by Gasteiger charge is 2.27. The van der Waals surface area contributed by atoms with Gasteiger partial charge in [0, 0.05) is 31.7 Å². The van der Waals surface area contributed by atoms with E-state index in [2.05, 4.69) is 0 Å². The third-order valence-electron chi connectivity index (χ3n) is 4.12. The van der Waals surface area contributed by atoms with Gasteiger partial charge in [-0.05, 0) is 24.6 Å². The van der Waals surface area contributed by atoms with E-state index in [1.807, 2.05) is 13.0 Å². The van der Waals surface area contributed by atoms with Crippen molar-refractivity contribution in [1.29, 1.82) is 0 Å². The number of hydrogen-bond donors (Lipinski definition) is 0. The van der Waals surface area contributed by atoms with Crippen LogP contribution in [0.25, 0.3) is 0 Å². The predicted octanol–water partition coefficient (Wildman–Crippen LogP) is 1.29. The van der Waals surface area contributed by atoms with Gasteiger partial charge in [0.1, 0.15) is 13.2 Å². The van der Waals surface area contributed by atoms with E-state index in [-0.39, 0.29) is 12.0 Å². The van der Waals surface area contributed by atoms with E-state index in [0.717, 1.165) is 5.56 Å². The lowest BCUT2D eigenvalue weighted by atomic mass is 10.1. The number of benzene rings is 1. The van der Waals surface area contributed by atoms with Crippen molar-refractivity contribution >= 4 is 12.0 Å². The molecule has 0 bridgehead atoms. The van der Waals surface area contributed by atoms with E-state index < -0.39 is 0 Å². The quantitative estimate of drug-likeness (QED) is 0.780. The van der Waals surface area contributed by atoms with Gasteiger partial charge >= 0.3 is 6.09 Å². The van der Waals surface area contributed by atoms with Crippen molar-refractivity contribution < 1.29 is 23.8 Å². The van der Waals surface area contributed by atoms with Gasteiger partial charge in [-0.1, -0.05) is 0 Å². The highest BCUT2D eigenvalue weighted by molar-refractivity contribution is 5.96. The van der Waals surface area contributed by atoms with Crippen LogP contribution in [0, 0.1) is 6.92 Å². The van der Waals surface area contributed by atoms with Gasteiger partial charge < -0.3 is 24.0 Å². The highest BCUT2D eigenvalue weighted by atomic mass is 16.6. The molecule has 0 aliphatic carbocycles. The van der Waals surface area contributed by atoms with E-state index in [1.165, 1.54) is 7.11 Å². The molecule has 124 valence electrons. The molecular formula is C16H20N2O5. The molecule has 23 heavy (non-hydrogen) atoms. The number of carbonyl (C=O) groups is 2. The highest BCUT2D eigenvalue weighted by Crippen LogP contribution is 2.33. The molecule has 1 saturated heterocycles. The molecule has 1 fully saturated rings. The second-order valence-electron chi connectivity index (χ2n) is 5.56. The standard InChI is InChI=1S/C16H20N2O5/c1-11-9-13-14(23-8-7-22-13)10-12(11)15(19)17-3-5-18(6-4-17)16(20)21-2/h9-10H,3-8H2,1-2H3. The number of amides is 2. The third kappa shape index (κ3) is 3.04. The Hall–Kier alpha value is -2.44. The number of ether oxygens (including phenoxy) is 3. The number of hydrogen-bond acceptors (Lipinski definition) is 5. The second-order valence-corrected chi connectivity index (χ2v) is 5.56. The molecule has 1 aromatic carbocycles. The van der Waals surface area contributed by atoms with Crippen LogP contribution in [0.15, 0.2) is 12.1 Å². The van der Waals surface area contributed by atoms with Gasteiger partial charge in [0.05, 0.1) is 7.11 Å². The minimum absolute atomic E-state index is 0.0519. The summed E-state index contributed by atoms with van der Waals surface area (Å²) in [5, 5.41) is 0. The number of carbonyl (C=O) groups excluding carboxylic acids is 2. The Morgan fingerprint density at radius 3 is 2.17 bits per heavy atom. The maximum atomic E-state index is 12.7. The van der Waals surface area contributed by atoms with Crippen molar-refractivity contribution in [1.82, 2.24) is 9.80 Å². The van der Waals surface area contributed by atoms with E-state index in [1.54, 1.807) is 15.9 Å². The molecule has 7 heteroatoms. The maximum absolute atomic E-state index is 12.7. The zero-order valence-electron chi connectivity index (χ0n) is 13.3. The smallest absolute Gasteiger partial charge is 0.409 e. The lowest BCUT2D eigenvalue weighted by Crippen LogP contribution is -2.50. The van der Waals surface area contributed by atoms with Gasteiger partial charge in [-0.3, -0.25) is 4.79 Å². The predicted molar refractivity (Wildman–Crippen MR) is 82.1 cm³/mol. The van der Waals surface area contributed by atoms with Crippen molar-refractivity contribution in [3.8, 4) is 11.5 Å². The zero-order valence-corrected chi connectivity index (χ0v) is 13.3. The van der Waals surface area contributed by atoms with Gasteiger partial charge in [0.15, 0.2) is 11.5 Å². The average molecular weight is 320 g/mol. The van der Waals surface area contributed by atoms with Crippen LogP contribution < -0.4 is 9.47 Å². The molecule has 0 spiro atoms. The van der Waals surface area contributed by atoms with Gasteiger partial charge in [0.25, 0.3) is 5.91 Å². The summed E-state index contributed by atoms with van der Waals surface area (Å²) in [5.41, 5.74) is 1.47. The molecule has 7 nitrogen and oxygen atoms in total. The maximum Gasteiger partial charge on any atom is 0.409 e. The largest absolute Gasteiger partial charge is 0.486 e. The molecular weight excluding hydrogens is 300 g/mol. The summed E-state index contributed by atoms with van der Waals surface area (Å²) in [6.45, 7) is 4.82. The van der Waals surface area contributed by atoms with E-state index in [9.17, 15) is 9.59 Å². The van der Waals surface area contributed by atoms with Crippen LogP contribution in [0.1, 0.15) is 15.9 Å². The third-order valence-corrected chi connectivity index (χ3v) is 4.12. The molecule has 2 aliphatic rings. The monoisotopic (exact) mass is 320 g/mol. The number of fused-ring (bicyclic) bond motifs is 1. The van der Waals surface area contributed by atoms with E-state index in [0.29, 0.717) is 56.5 Å². The molecule has 2 aliphatic heterocycles. The number of rotatable bonds is 1. The Bertz CT molecular complexity index is 623. The molecule has 0 aromatic heterocycles. The first-order chi connectivity index (χ1) is 11.1. The molecule has 1 aromatic rings. The average Bonchev–Trinajstić information content (AvgIpc) is 2.60. The minimum atomic E-state index is -0.354. The Morgan fingerprint density at radius 1 is 1.00 bits per heavy atom. The van der Waals surface area contributed by atoms with Crippen LogP contribution >= 0.6 is 0 Å². The molecule has 3 rings (SSSR count). The Morgan fingerprint density at radius 2 is 1.57 bits per heavy atom. The lowest BCUT2D eigenvalue weighted by Gasteiger charge is -2.34. The summed E-state index contributed by atoms with van der Waals surface area (Å²) in [4.78, 5) is 27.6. The van der Waals surface area contributed by atoms with E-state index >= 15 is 0 Å². The topological polar surface area (TPSA) is 68.3 Å². The number of methoxy groups -OCH3 is 1. The SMILES string of the molecule is COC(=O)N1CCN(C(=O)c2cc3c(cc2C)OCCO3)CC1. The van der Waals surface area contributed by atoms with Crippen LogP contribution in [0.5, 0.6) is 11.5 Å². The fraction of sp³-hybridized carbons (Fsp3) is 0.500. The van der Waals surface area contributed by atoms with Crippen LogP contribution in [-0.2, 0) is 4.74 Å². The van der Waals surface area contributed by atoms with Crippen LogP contribution in [0.2, 0.25) is 0 Å². The van der Waals surface area contributed by atoms with Gasteiger partial charge in [0.2, 0.25) is 0 Å². The molecule has 0 radical (unpaired) electrons. The van der Waals surface area contributed by atoms with Crippen LogP contribution in [-0.4, -0.2) is 68.3 Å². The Kier molecular flexibility index (Phi) is 4.27. The van der Waals surface area contributed by atoms with Crippen molar-refractivity contribution in [2.75, 3.05) is 46.5 Å². The molecule has 2 amide bonds. The molecule has 0 saturated carbocycles. The first-order valence-corrected chi connectivity index (χ1v) is 7.62. The van der Waals surface area contributed by atoms with Gasteiger partial charge in [-0.2, -0.15) is 0 Å². The summed E-state index contributed by atoms with van der Waals surface area (Å²) < 4.78 is 15.8. The van der Waals surface area contributed by atoms with Crippen molar-refractivity contribution in [2.45, 2.75) is 6.92 Å². The molecule has 0 atom stereocenters. The fourth-order valence-electron chi connectivity index (χ4n) is 2.81.